The van der Waals surface area contributed by atoms with Crippen LogP contribution in [-0.4, -0.2) is 118 Å². The minimum atomic E-state index is -4.33. The topological polar surface area (TPSA) is 232 Å². The highest BCUT2D eigenvalue weighted by atomic mass is 127. The molecule has 2 heterocycles. The SMILES string of the molecule is CCOC(=O)C(C)OP(=O)(COc1ccc(C[C@H](NC(=O)O[C@H]2CO[C@H]3OCC[C@H]32)[C@H](O)CN(CC(C)C)S(=O)(=O)c2ccc(OC)cc2)cc1)Oc1cccc(C(=O)O)c1.I. The molecule has 21 heteroatoms. The Balaban J connectivity index is 0.00000845. The molecule has 342 valence electrons. The summed E-state index contributed by atoms with van der Waals surface area (Å²) in [6, 6.07) is 16.4. The summed E-state index contributed by atoms with van der Waals surface area (Å²) in [5.41, 5.74) is 0.442. The van der Waals surface area contributed by atoms with Crippen LogP contribution in [0.2, 0.25) is 0 Å². The number of hydrogen-bond acceptors (Lipinski definition) is 15. The van der Waals surface area contributed by atoms with Crippen LogP contribution in [0, 0.1) is 11.8 Å². The second-order valence-electron chi connectivity index (χ2n) is 14.8. The van der Waals surface area contributed by atoms with E-state index in [9.17, 15) is 37.6 Å². The van der Waals surface area contributed by atoms with Crippen molar-refractivity contribution >= 4 is 59.6 Å². The predicted molar refractivity (Wildman–Crippen MR) is 233 cm³/mol. The van der Waals surface area contributed by atoms with Gasteiger partial charge in [-0.05, 0) is 92.8 Å². The molecule has 0 spiro atoms. The van der Waals surface area contributed by atoms with Gasteiger partial charge < -0.3 is 48.5 Å². The molecule has 3 aromatic carbocycles. The average Bonchev–Trinajstić information content (AvgIpc) is 3.85. The monoisotopic (exact) mass is 1020 g/mol. The summed E-state index contributed by atoms with van der Waals surface area (Å²) < 4.78 is 87.0. The number of carboxylic acids is 1. The van der Waals surface area contributed by atoms with Gasteiger partial charge in [0.15, 0.2) is 12.4 Å². The summed E-state index contributed by atoms with van der Waals surface area (Å²) in [5.74, 6) is -1.76. The Morgan fingerprint density at radius 3 is 2.31 bits per heavy atom. The zero-order valence-electron chi connectivity index (χ0n) is 34.9. The number of alkyl carbamates (subject to hydrolysis) is 1. The van der Waals surface area contributed by atoms with Gasteiger partial charge >= 0.3 is 25.6 Å². The maximum absolute atomic E-state index is 14.0. The van der Waals surface area contributed by atoms with Crippen molar-refractivity contribution in [1.82, 2.24) is 9.62 Å². The van der Waals surface area contributed by atoms with E-state index in [4.69, 9.17) is 37.5 Å². The molecule has 0 saturated carbocycles. The van der Waals surface area contributed by atoms with Crippen LogP contribution in [0.25, 0.3) is 0 Å². The minimum Gasteiger partial charge on any atom is -0.497 e. The highest BCUT2D eigenvalue weighted by molar-refractivity contribution is 14.0. The largest absolute Gasteiger partial charge is 0.497 e. The number of nitrogens with zero attached hydrogens (tertiary/aromatic N) is 1. The number of rotatable bonds is 22. The summed E-state index contributed by atoms with van der Waals surface area (Å²) in [4.78, 5) is 37.3. The van der Waals surface area contributed by atoms with Crippen molar-refractivity contribution in [3.05, 3.63) is 83.9 Å². The van der Waals surface area contributed by atoms with Gasteiger partial charge in [-0.3, -0.25) is 4.52 Å². The van der Waals surface area contributed by atoms with Gasteiger partial charge in [0.1, 0.15) is 23.4 Å². The van der Waals surface area contributed by atoms with Crippen LogP contribution in [0.5, 0.6) is 17.2 Å². The normalized spacial score (nSPS) is 19.6. The first-order valence-corrected chi connectivity index (χ1v) is 22.9. The van der Waals surface area contributed by atoms with Crippen molar-refractivity contribution < 1.29 is 75.0 Å². The number of sulfonamides is 1. The van der Waals surface area contributed by atoms with Crippen LogP contribution in [-0.2, 0) is 49.3 Å². The number of methoxy groups -OCH3 is 1. The second-order valence-corrected chi connectivity index (χ2v) is 18.6. The molecule has 7 atom stereocenters. The van der Waals surface area contributed by atoms with Crippen molar-refractivity contribution in [3.63, 3.8) is 0 Å². The second kappa shape index (κ2) is 23.1. The number of aliphatic hydroxyl groups is 1. The molecule has 1 amide bonds. The van der Waals surface area contributed by atoms with Gasteiger partial charge in [-0.2, -0.15) is 4.31 Å². The number of benzene rings is 3. The molecule has 0 aromatic heterocycles. The summed E-state index contributed by atoms with van der Waals surface area (Å²) in [6.45, 7) is 6.95. The van der Waals surface area contributed by atoms with Gasteiger partial charge in [0.05, 0.1) is 55.5 Å². The first-order chi connectivity index (χ1) is 29.0. The molecule has 2 aliphatic heterocycles. The number of esters is 1. The molecule has 0 aliphatic carbocycles. The standard InChI is InChI=1S/C41H53N2O16PS.HI/c1-6-53-39(47)27(4)58-60(49,59-32-9-7-8-29(21-32)38(45)46)25-56-31-12-10-28(11-13-31)20-35(42-41(48)57-37-24-55-40-34(37)18-19-54-40)36(44)23-43(22-26(2)3)61(50,51)33-16-14-30(52-5)15-17-33;/h7-17,21,26-27,34-37,40,44H,6,18-20,22-25H2,1-5H3,(H,42,48)(H,45,46);1H/t27?,34-,35-,36+,37-,40+,60?;/m0./s1. The number of ether oxygens (including phenoxy) is 6. The first kappa shape index (κ1) is 50.6. The number of nitrogens with one attached hydrogen (secondary N) is 1. The molecule has 2 aliphatic rings. The average molecular weight is 1020 g/mol. The highest BCUT2D eigenvalue weighted by Gasteiger charge is 2.44. The van der Waals surface area contributed by atoms with Gasteiger partial charge in [0, 0.05) is 13.1 Å². The maximum atomic E-state index is 14.0. The number of carboxylic acid groups (broad SMARTS) is 1. The van der Waals surface area contributed by atoms with E-state index in [-0.39, 0.29) is 90.5 Å². The minimum absolute atomic E-state index is 0. The molecule has 3 aromatic rings. The van der Waals surface area contributed by atoms with Crippen molar-refractivity contribution in [2.45, 2.75) is 76.1 Å². The fraction of sp³-hybridized carbons (Fsp3) is 0.488. The summed E-state index contributed by atoms with van der Waals surface area (Å²) >= 11 is 0. The van der Waals surface area contributed by atoms with Crippen molar-refractivity contribution in [1.29, 1.82) is 0 Å². The molecular weight excluding hydrogens is 966 g/mol. The number of aliphatic hydroxyl groups excluding tert-OH is 1. The Morgan fingerprint density at radius 2 is 1.66 bits per heavy atom. The lowest BCUT2D eigenvalue weighted by Gasteiger charge is -2.31. The Labute approximate surface area is 378 Å². The summed E-state index contributed by atoms with van der Waals surface area (Å²) in [7, 11) is -6.97. The van der Waals surface area contributed by atoms with Crippen molar-refractivity contribution in [2.24, 2.45) is 11.8 Å². The molecule has 2 saturated heterocycles. The van der Waals surface area contributed by atoms with Crippen LogP contribution in [0.4, 0.5) is 4.79 Å². The lowest BCUT2D eigenvalue weighted by atomic mass is 10.0. The molecular formula is C41H54IN2O16PS. The Bertz CT molecular complexity index is 2110. The van der Waals surface area contributed by atoms with Crippen molar-refractivity contribution in [2.75, 3.05) is 46.4 Å². The number of fused-ring (bicyclic) bond motifs is 1. The van der Waals surface area contributed by atoms with Crippen LogP contribution >= 0.6 is 31.6 Å². The first-order valence-electron chi connectivity index (χ1n) is 19.7. The van der Waals surface area contributed by atoms with Gasteiger partial charge in [-0.1, -0.05) is 32.0 Å². The summed E-state index contributed by atoms with van der Waals surface area (Å²) in [6.07, 6.45) is -4.70. The quantitative estimate of drug-likeness (QED) is 0.0623. The smallest absolute Gasteiger partial charge is 0.417 e. The lowest BCUT2D eigenvalue weighted by Crippen LogP contribution is -2.51. The molecule has 2 unspecified atom stereocenters. The number of hydrogen-bond donors (Lipinski definition) is 3. The van der Waals surface area contributed by atoms with Crippen LogP contribution in [0.1, 0.15) is 50.0 Å². The Hall–Kier alpha value is -4.02. The van der Waals surface area contributed by atoms with E-state index in [0.29, 0.717) is 24.3 Å². The van der Waals surface area contributed by atoms with Gasteiger partial charge in [-0.15, -0.1) is 24.0 Å². The number of halogens is 1. The van der Waals surface area contributed by atoms with E-state index in [1.807, 2.05) is 13.8 Å². The fourth-order valence-corrected chi connectivity index (χ4v) is 9.75. The molecule has 2 fully saturated rings. The fourth-order valence-electron chi connectivity index (χ4n) is 6.66. The van der Waals surface area contributed by atoms with Crippen LogP contribution in [0.15, 0.2) is 77.7 Å². The molecule has 5 rings (SSSR count). The van der Waals surface area contributed by atoms with E-state index in [1.54, 1.807) is 19.1 Å². The maximum Gasteiger partial charge on any atom is 0.417 e. The molecule has 0 bridgehead atoms. The zero-order valence-corrected chi connectivity index (χ0v) is 39.0. The molecule has 62 heavy (non-hydrogen) atoms. The molecule has 3 N–H and O–H groups in total. The molecule has 0 radical (unpaired) electrons. The lowest BCUT2D eigenvalue weighted by molar-refractivity contribution is -0.150. The van der Waals surface area contributed by atoms with Gasteiger partial charge in [0.25, 0.3) is 0 Å². The summed E-state index contributed by atoms with van der Waals surface area (Å²) in [5, 5.41) is 23.9. The van der Waals surface area contributed by atoms with Crippen LogP contribution < -0.4 is 19.3 Å². The number of amides is 1. The van der Waals surface area contributed by atoms with E-state index in [0.717, 1.165) is 6.07 Å². The van der Waals surface area contributed by atoms with Gasteiger partial charge in [0.2, 0.25) is 16.4 Å². The van der Waals surface area contributed by atoms with E-state index >= 15 is 0 Å². The number of carbonyl (C=O) groups is 3. The van der Waals surface area contributed by atoms with Gasteiger partial charge in [-0.25, -0.2) is 27.4 Å². The molecule has 18 nitrogen and oxygen atoms in total. The van der Waals surface area contributed by atoms with Crippen LogP contribution in [0.3, 0.4) is 0 Å². The third-order valence-corrected chi connectivity index (χ3v) is 13.1. The highest BCUT2D eigenvalue weighted by Crippen LogP contribution is 2.50. The number of carbonyl (C=O) groups excluding carboxylic acids is 2. The predicted octanol–water partition coefficient (Wildman–Crippen LogP) is 5.69. The Morgan fingerprint density at radius 1 is 0.968 bits per heavy atom. The van der Waals surface area contributed by atoms with E-state index < -0.39 is 72.6 Å². The van der Waals surface area contributed by atoms with Crippen molar-refractivity contribution in [3.8, 4) is 17.2 Å². The Kier molecular flexibility index (Phi) is 18.8. The van der Waals surface area contributed by atoms with E-state index in [1.165, 1.54) is 72.9 Å². The van der Waals surface area contributed by atoms with E-state index in [2.05, 4.69) is 5.32 Å². The number of aromatic carboxylic acids is 1. The third-order valence-electron chi connectivity index (χ3n) is 9.70. The zero-order chi connectivity index (χ0) is 44.3. The third kappa shape index (κ3) is 14.0.